The zero-order valence-corrected chi connectivity index (χ0v) is 13.5. The van der Waals surface area contributed by atoms with E-state index in [1.54, 1.807) is 39.8 Å². The predicted molar refractivity (Wildman–Crippen MR) is 81.9 cm³/mol. The van der Waals surface area contributed by atoms with Crippen LogP contribution >= 0.6 is 0 Å². The summed E-state index contributed by atoms with van der Waals surface area (Å²) >= 11 is 0. The first kappa shape index (κ1) is 17.5. The lowest BCUT2D eigenvalue weighted by atomic mass is 10.0. The summed E-state index contributed by atoms with van der Waals surface area (Å²) in [6, 6.07) is 6.05. The Labute approximate surface area is 125 Å². The number of carbonyl (C=O) groups is 1. The number of carboxylic acid groups (broad SMARTS) is 1. The Hall–Kier alpha value is -1.60. The predicted octanol–water partition coefficient (Wildman–Crippen LogP) is 2.04. The molecule has 0 unspecified atom stereocenters. The van der Waals surface area contributed by atoms with Crippen molar-refractivity contribution in [3.63, 3.8) is 0 Å². The van der Waals surface area contributed by atoms with Gasteiger partial charge >= 0.3 is 5.97 Å². The van der Waals surface area contributed by atoms with Crippen LogP contribution in [0.15, 0.2) is 29.2 Å². The summed E-state index contributed by atoms with van der Waals surface area (Å²) in [7, 11) is -3.51. The van der Waals surface area contributed by atoms with E-state index in [9.17, 15) is 13.2 Å². The SMILES string of the molecule is CC(C)NS(=O)(=O)c1ccc(NC(C)(C)CC(=O)O)cc1. The second kappa shape index (κ2) is 6.44. The fourth-order valence-corrected chi connectivity index (χ4v) is 3.16. The largest absolute Gasteiger partial charge is 0.481 e. The maximum absolute atomic E-state index is 12.0. The van der Waals surface area contributed by atoms with Crippen LogP contribution in [-0.4, -0.2) is 31.1 Å². The maximum Gasteiger partial charge on any atom is 0.305 e. The van der Waals surface area contributed by atoms with Gasteiger partial charge in [0.2, 0.25) is 10.0 Å². The third kappa shape index (κ3) is 5.73. The number of sulfonamides is 1. The van der Waals surface area contributed by atoms with Crippen LogP contribution < -0.4 is 10.0 Å². The van der Waals surface area contributed by atoms with Gasteiger partial charge in [0.1, 0.15) is 0 Å². The van der Waals surface area contributed by atoms with Crippen LogP contribution in [0.2, 0.25) is 0 Å². The van der Waals surface area contributed by atoms with Crippen molar-refractivity contribution in [1.29, 1.82) is 0 Å². The van der Waals surface area contributed by atoms with E-state index in [1.807, 2.05) is 0 Å². The monoisotopic (exact) mass is 314 g/mol. The van der Waals surface area contributed by atoms with Gasteiger partial charge in [-0.05, 0) is 52.0 Å². The number of rotatable bonds is 7. The van der Waals surface area contributed by atoms with Crippen LogP contribution in [0.5, 0.6) is 0 Å². The van der Waals surface area contributed by atoms with E-state index in [1.165, 1.54) is 12.1 Å². The molecular weight excluding hydrogens is 292 g/mol. The number of hydrogen-bond donors (Lipinski definition) is 3. The summed E-state index contributed by atoms with van der Waals surface area (Å²) < 4.78 is 26.5. The molecule has 21 heavy (non-hydrogen) atoms. The molecule has 0 fully saturated rings. The van der Waals surface area contributed by atoms with E-state index in [4.69, 9.17) is 5.11 Å². The number of aliphatic carboxylic acids is 1. The van der Waals surface area contributed by atoms with Gasteiger partial charge in [-0.1, -0.05) is 0 Å². The fraction of sp³-hybridized carbons (Fsp3) is 0.500. The normalized spacial score (nSPS) is 12.4. The van der Waals surface area contributed by atoms with E-state index < -0.39 is 21.5 Å². The highest BCUT2D eigenvalue weighted by Crippen LogP contribution is 2.20. The molecule has 0 atom stereocenters. The molecule has 1 aromatic carbocycles. The van der Waals surface area contributed by atoms with Crippen molar-refractivity contribution in [2.45, 2.75) is 50.6 Å². The van der Waals surface area contributed by atoms with E-state index in [0.29, 0.717) is 5.69 Å². The number of carboxylic acids is 1. The summed E-state index contributed by atoms with van der Waals surface area (Å²) in [5, 5.41) is 11.9. The van der Waals surface area contributed by atoms with Crippen molar-refractivity contribution in [1.82, 2.24) is 4.72 Å². The molecule has 0 aliphatic heterocycles. The van der Waals surface area contributed by atoms with Gasteiger partial charge in [-0.2, -0.15) is 0 Å². The first-order valence-electron chi connectivity index (χ1n) is 6.64. The molecule has 0 spiro atoms. The van der Waals surface area contributed by atoms with E-state index >= 15 is 0 Å². The van der Waals surface area contributed by atoms with Gasteiger partial charge in [0, 0.05) is 17.3 Å². The summed E-state index contributed by atoms with van der Waals surface area (Å²) in [6.45, 7) is 7.04. The number of nitrogens with one attached hydrogen (secondary N) is 2. The molecule has 1 aromatic rings. The van der Waals surface area contributed by atoms with Gasteiger partial charge in [-0.3, -0.25) is 4.79 Å². The summed E-state index contributed by atoms with van der Waals surface area (Å²) in [6.07, 6.45) is -0.0397. The van der Waals surface area contributed by atoms with Crippen molar-refractivity contribution in [2.75, 3.05) is 5.32 Å². The summed E-state index contributed by atoms with van der Waals surface area (Å²) in [5.41, 5.74) is 0.0485. The third-order valence-electron chi connectivity index (χ3n) is 2.63. The molecular formula is C14H22N2O4S. The van der Waals surface area contributed by atoms with Crippen molar-refractivity contribution in [3.05, 3.63) is 24.3 Å². The van der Waals surface area contributed by atoms with E-state index in [-0.39, 0.29) is 17.4 Å². The molecule has 3 N–H and O–H groups in total. The van der Waals surface area contributed by atoms with Crippen molar-refractivity contribution in [2.24, 2.45) is 0 Å². The minimum absolute atomic E-state index is 0.0397. The van der Waals surface area contributed by atoms with Crippen LogP contribution in [0.1, 0.15) is 34.1 Å². The molecule has 1 rings (SSSR count). The molecule has 0 saturated carbocycles. The van der Waals surface area contributed by atoms with Crippen LogP contribution in [0.4, 0.5) is 5.69 Å². The van der Waals surface area contributed by atoms with Gasteiger partial charge in [-0.15, -0.1) is 0 Å². The maximum atomic E-state index is 12.0. The average Bonchev–Trinajstić information content (AvgIpc) is 2.25. The number of benzene rings is 1. The molecule has 0 aliphatic rings. The Morgan fingerprint density at radius 2 is 1.76 bits per heavy atom. The topological polar surface area (TPSA) is 95.5 Å². The lowest BCUT2D eigenvalue weighted by molar-refractivity contribution is -0.137. The van der Waals surface area contributed by atoms with Crippen LogP contribution in [-0.2, 0) is 14.8 Å². The Bertz CT molecular complexity index is 592. The third-order valence-corrected chi connectivity index (χ3v) is 4.31. The highest BCUT2D eigenvalue weighted by Gasteiger charge is 2.21. The first-order valence-corrected chi connectivity index (χ1v) is 8.12. The Kier molecular flexibility index (Phi) is 5.36. The van der Waals surface area contributed by atoms with Crippen LogP contribution in [0.3, 0.4) is 0 Å². The van der Waals surface area contributed by atoms with Gasteiger partial charge in [-0.25, -0.2) is 13.1 Å². The molecule has 0 aromatic heterocycles. The number of hydrogen-bond acceptors (Lipinski definition) is 4. The highest BCUT2D eigenvalue weighted by atomic mass is 32.2. The first-order chi connectivity index (χ1) is 9.52. The molecule has 118 valence electrons. The fourth-order valence-electron chi connectivity index (χ4n) is 1.91. The van der Waals surface area contributed by atoms with Crippen LogP contribution in [0, 0.1) is 0 Å². The van der Waals surface area contributed by atoms with Crippen molar-refractivity contribution in [3.8, 4) is 0 Å². The quantitative estimate of drug-likeness (QED) is 0.716. The highest BCUT2D eigenvalue weighted by molar-refractivity contribution is 7.89. The number of anilines is 1. The zero-order valence-electron chi connectivity index (χ0n) is 12.7. The second-order valence-electron chi connectivity index (χ2n) is 5.88. The van der Waals surface area contributed by atoms with Gasteiger partial charge in [0.15, 0.2) is 0 Å². The van der Waals surface area contributed by atoms with Gasteiger partial charge in [0.25, 0.3) is 0 Å². The van der Waals surface area contributed by atoms with Gasteiger partial charge in [0.05, 0.1) is 11.3 Å². The molecule has 0 aliphatic carbocycles. The molecule has 0 amide bonds. The lowest BCUT2D eigenvalue weighted by Crippen LogP contribution is -2.33. The lowest BCUT2D eigenvalue weighted by Gasteiger charge is -2.25. The molecule has 0 radical (unpaired) electrons. The second-order valence-corrected chi connectivity index (χ2v) is 7.59. The molecule has 6 nitrogen and oxygen atoms in total. The Morgan fingerprint density at radius 3 is 2.19 bits per heavy atom. The standard InChI is InChI=1S/C14H22N2O4S/c1-10(2)16-21(19,20)12-7-5-11(6-8-12)15-14(3,4)9-13(17)18/h5-8,10,15-16H,9H2,1-4H3,(H,17,18). The molecule has 0 bridgehead atoms. The zero-order chi connectivity index (χ0) is 16.3. The van der Waals surface area contributed by atoms with E-state index in [2.05, 4.69) is 10.0 Å². The Balaban J connectivity index is 2.86. The minimum atomic E-state index is -3.51. The molecule has 7 heteroatoms. The van der Waals surface area contributed by atoms with Crippen LogP contribution in [0.25, 0.3) is 0 Å². The minimum Gasteiger partial charge on any atom is -0.481 e. The van der Waals surface area contributed by atoms with Crippen molar-refractivity contribution < 1.29 is 18.3 Å². The van der Waals surface area contributed by atoms with Gasteiger partial charge < -0.3 is 10.4 Å². The molecule has 0 heterocycles. The average molecular weight is 314 g/mol. The molecule has 0 saturated heterocycles. The summed E-state index contributed by atoms with van der Waals surface area (Å²) in [5.74, 6) is -0.896. The smallest absolute Gasteiger partial charge is 0.305 e. The summed E-state index contributed by atoms with van der Waals surface area (Å²) in [4.78, 5) is 10.9. The van der Waals surface area contributed by atoms with E-state index in [0.717, 1.165) is 0 Å². The van der Waals surface area contributed by atoms with Crippen molar-refractivity contribution >= 4 is 21.7 Å². The Morgan fingerprint density at radius 1 is 1.24 bits per heavy atom.